The second-order valence-electron chi connectivity index (χ2n) is 7.33. The number of carbonyl (C=O) groups is 1. The fourth-order valence-corrected chi connectivity index (χ4v) is 5.05. The maximum Gasteiger partial charge on any atom is 0.338 e. The van der Waals surface area contributed by atoms with Gasteiger partial charge in [-0.3, -0.25) is 9.36 Å². The van der Waals surface area contributed by atoms with Gasteiger partial charge in [-0.05, 0) is 56.2 Å². The summed E-state index contributed by atoms with van der Waals surface area (Å²) in [6.07, 6.45) is 1.81. The molecule has 0 spiro atoms. The molecule has 0 N–H and O–H groups in total. The normalized spacial score (nSPS) is 15.8. The maximum atomic E-state index is 13.6. The minimum atomic E-state index is -0.725. The van der Waals surface area contributed by atoms with Crippen molar-refractivity contribution in [2.24, 2.45) is 4.99 Å². The van der Waals surface area contributed by atoms with Gasteiger partial charge in [0, 0.05) is 5.02 Å². The van der Waals surface area contributed by atoms with Crippen LogP contribution in [0.15, 0.2) is 69.6 Å². The van der Waals surface area contributed by atoms with Crippen molar-refractivity contribution < 1.29 is 14.3 Å². The molecule has 0 bridgehead atoms. The van der Waals surface area contributed by atoms with Gasteiger partial charge in [-0.2, -0.15) is 0 Å². The zero-order valence-electron chi connectivity index (χ0n) is 18.5. The topological polar surface area (TPSA) is 69.9 Å². The number of halogens is 1. The number of thiazole rings is 1. The lowest BCUT2D eigenvalue weighted by Gasteiger charge is -2.25. The molecule has 1 aliphatic heterocycles. The van der Waals surface area contributed by atoms with Crippen LogP contribution in [0.3, 0.4) is 0 Å². The highest BCUT2D eigenvalue weighted by Gasteiger charge is 2.34. The van der Waals surface area contributed by atoms with E-state index in [2.05, 4.69) is 4.99 Å². The summed E-state index contributed by atoms with van der Waals surface area (Å²) >= 11 is 7.79. The minimum absolute atomic E-state index is 0.215. The number of hydrogen-bond acceptors (Lipinski definition) is 6. The molecular weight excluding hydrogens is 460 g/mol. The molecule has 1 aromatic heterocycles. The zero-order valence-corrected chi connectivity index (χ0v) is 20.1. The van der Waals surface area contributed by atoms with Crippen LogP contribution in [0.2, 0.25) is 5.02 Å². The van der Waals surface area contributed by atoms with Crippen molar-refractivity contribution in [2.45, 2.75) is 26.8 Å². The Morgan fingerprint density at radius 1 is 1.15 bits per heavy atom. The molecule has 0 fully saturated rings. The standard InChI is InChI=1S/C25H23ClN2O4S/c1-4-31-17-12-10-16(11-13-17)14-20-23(29)28-22(18-8-6-7-9-19(18)26)21(24(30)32-5-2)15(3)27-25(28)33-20/h6-14,22H,4-5H2,1-3H3. The Hall–Kier alpha value is -3.16. The number of benzene rings is 2. The van der Waals surface area contributed by atoms with Gasteiger partial charge < -0.3 is 9.47 Å². The summed E-state index contributed by atoms with van der Waals surface area (Å²) in [4.78, 5) is 31.5. The minimum Gasteiger partial charge on any atom is -0.494 e. The van der Waals surface area contributed by atoms with E-state index >= 15 is 0 Å². The quantitative estimate of drug-likeness (QED) is 0.500. The number of ether oxygens (including phenoxy) is 2. The largest absolute Gasteiger partial charge is 0.494 e. The highest BCUT2D eigenvalue weighted by Crippen LogP contribution is 2.34. The van der Waals surface area contributed by atoms with E-state index in [1.54, 1.807) is 19.9 Å². The lowest BCUT2D eigenvalue weighted by atomic mass is 9.96. The zero-order chi connectivity index (χ0) is 23.5. The van der Waals surface area contributed by atoms with Gasteiger partial charge >= 0.3 is 5.97 Å². The first-order chi connectivity index (χ1) is 15.9. The first kappa shape index (κ1) is 23.0. The van der Waals surface area contributed by atoms with Crippen molar-refractivity contribution in [3.63, 3.8) is 0 Å². The lowest BCUT2D eigenvalue weighted by Crippen LogP contribution is -2.40. The van der Waals surface area contributed by atoms with Crippen LogP contribution in [0.5, 0.6) is 5.75 Å². The van der Waals surface area contributed by atoms with Crippen molar-refractivity contribution in [3.05, 3.63) is 95.6 Å². The van der Waals surface area contributed by atoms with Gasteiger partial charge in [0.15, 0.2) is 4.80 Å². The van der Waals surface area contributed by atoms with Crippen LogP contribution in [-0.4, -0.2) is 23.8 Å². The molecule has 1 aliphatic rings. The van der Waals surface area contributed by atoms with Crippen LogP contribution in [0, 0.1) is 0 Å². The monoisotopic (exact) mass is 482 g/mol. The first-order valence-corrected chi connectivity index (χ1v) is 11.8. The highest BCUT2D eigenvalue weighted by atomic mass is 35.5. The summed E-state index contributed by atoms with van der Waals surface area (Å²) in [5, 5.41) is 0.458. The molecule has 2 aromatic carbocycles. The van der Waals surface area contributed by atoms with E-state index in [4.69, 9.17) is 21.1 Å². The molecule has 1 atom stereocenters. The number of esters is 1. The molecule has 0 saturated carbocycles. The van der Waals surface area contributed by atoms with Gasteiger partial charge in [0.1, 0.15) is 11.8 Å². The predicted molar refractivity (Wildman–Crippen MR) is 129 cm³/mol. The summed E-state index contributed by atoms with van der Waals surface area (Å²) in [5.74, 6) is 0.258. The molecule has 8 heteroatoms. The molecule has 0 saturated heterocycles. The SMILES string of the molecule is CCOC(=O)C1=C(C)N=c2sc(=Cc3ccc(OCC)cc3)c(=O)n2C1c1ccccc1Cl. The Bertz CT molecular complexity index is 1400. The molecule has 4 rings (SSSR count). The molecule has 6 nitrogen and oxygen atoms in total. The summed E-state index contributed by atoms with van der Waals surface area (Å²) in [6, 6.07) is 14.0. The average molecular weight is 483 g/mol. The number of nitrogens with zero attached hydrogens (tertiary/aromatic N) is 2. The summed E-state index contributed by atoms with van der Waals surface area (Å²) < 4.78 is 12.8. The molecule has 2 heterocycles. The Balaban J connectivity index is 1.90. The van der Waals surface area contributed by atoms with Crippen molar-refractivity contribution in [1.29, 1.82) is 0 Å². The van der Waals surface area contributed by atoms with Crippen LogP contribution in [0.4, 0.5) is 0 Å². The van der Waals surface area contributed by atoms with E-state index in [-0.39, 0.29) is 12.2 Å². The third kappa shape index (κ3) is 4.51. The average Bonchev–Trinajstić information content (AvgIpc) is 3.09. The maximum absolute atomic E-state index is 13.6. The number of allylic oxidation sites excluding steroid dienone is 1. The molecule has 170 valence electrons. The van der Waals surface area contributed by atoms with Crippen molar-refractivity contribution in [2.75, 3.05) is 13.2 Å². The van der Waals surface area contributed by atoms with Gasteiger partial charge in [-0.25, -0.2) is 9.79 Å². The number of aromatic nitrogens is 1. The molecule has 0 radical (unpaired) electrons. The van der Waals surface area contributed by atoms with Crippen molar-refractivity contribution >= 4 is 35.0 Å². The molecule has 0 amide bonds. The van der Waals surface area contributed by atoms with Gasteiger partial charge in [0.05, 0.1) is 29.0 Å². The fourth-order valence-electron chi connectivity index (χ4n) is 3.76. The smallest absolute Gasteiger partial charge is 0.338 e. The van der Waals surface area contributed by atoms with Crippen LogP contribution < -0.4 is 19.6 Å². The fraction of sp³-hybridized carbons (Fsp3) is 0.240. The number of hydrogen-bond donors (Lipinski definition) is 0. The van der Waals surface area contributed by atoms with Crippen molar-refractivity contribution in [3.8, 4) is 5.75 Å². The van der Waals surface area contributed by atoms with E-state index in [1.807, 2.05) is 55.5 Å². The second-order valence-corrected chi connectivity index (χ2v) is 8.74. The Morgan fingerprint density at radius 2 is 1.88 bits per heavy atom. The summed E-state index contributed by atoms with van der Waals surface area (Å²) in [5.41, 5.74) is 2.08. The van der Waals surface area contributed by atoms with Gasteiger partial charge in [-0.15, -0.1) is 0 Å². The first-order valence-electron chi connectivity index (χ1n) is 10.6. The van der Waals surface area contributed by atoms with E-state index in [1.165, 1.54) is 15.9 Å². The molecule has 1 unspecified atom stereocenters. The Labute approximate surface area is 200 Å². The number of carbonyl (C=O) groups excluding carboxylic acids is 1. The van der Waals surface area contributed by atoms with Crippen molar-refractivity contribution in [1.82, 2.24) is 4.57 Å². The third-order valence-electron chi connectivity index (χ3n) is 5.21. The number of rotatable bonds is 6. The van der Waals surface area contributed by atoms with E-state index in [0.29, 0.717) is 37.8 Å². The molecule has 0 aliphatic carbocycles. The van der Waals surface area contributed by atoms with E-state index in [9.17, 15) is 9.59 Å². The lowest BCUT2D eigenvalue weighted by molar-refractivity contribution is -0.139. The van der Waals surface area contributed by atoms with Crippen LogP contribution in [0.1, 0.15) is 37.9 Å². The second kappa shape index (κ2) is 9.77. The van der Waals surface area contributed by atoms with Gasteiger partial charge in [-0.1, -0.05) is 53.3 Å². The third-order valence-corrected chi connectivity index (χ3v) is 6.53. The van der Waals surface area contributed by atoms with Crippen LogP contribution in [-0.2, 0) is 9.53 Å². The summed E-state index contributed by atoms with van der Waals surface area (Å²) in [6.45, 7) is 6.22. The van der Waals surface area contributed by atoms with E-state index in [0.717, 1.165) is 11.3 Å². The predicted octanol–water partition coefficient (Wildman–Crippen LogP) is 3.85. The Kier molecular flexibility index (Phi) is 6.81. The van der Waals surface area contributed by atoms with Gasteiger partial charge in [0.25, 0.3) is 5.56 Å². The van der Waals surface area contributed by atoms with Crippen LogP contribution >= 0.6 is 22.9 Å². The molecule has 3 aromatic rings. The van der Waals surface area contributed by atoms with E-state index < -0.39 is 12.0 Å². The van der Waals surface area contributed by atoms with Gasteiger partial charge in [0.2, 0.25) is 0 Å². The Morgan fingerprint density at radius 3 is 2.55 bits per heavy atom. The summed E-state index contributed by atoms with van der Waals surface area (Å²) in [7, 11) is 0. The number of fused-ring (bicyclic) bond motifs is 1. The highest BCUT2D eigenvalue weighted by molar-refractivity contribution is 7.07. The molecular formula is C25H23ClN2O4S. The molecule has 33 heavy (non-hydrogen) atoms. The van der Waals surface area contributed by atoms with Crippen LogP contribution in [0.25, 0.3) is 6.08 Å².